The van der Waals surface area contributed by atoms with E-state index in [4.69, 9.17) is 5.11 Å². The number of aliphatic hydroxyl groups is 1. The maximum Gasteiger partial charge on any atom is 0.226 e. The molecule has 1 amide bonds. The minimum absolute atomic E-state index is 0.162. The average molecular weight is 133 g/mol. The van der Waals surface area contributed by atoms with Crippen LogP contribution < -0.4 is 5.32 Å². The van der Waals surface area contributed by atoms with E-state index in [1.165, 1.54) is 0 Å². The van der Waals surface area contributed by atoms with Crippen molar-refractivity contribution in [1.29, 1.82) is 0 Å². The van der Waals surface area contributed by atoms with Crippen LogP contribution in [-0.4, -0.2) is 17.7 Å². The summed E-state index contributed by atoms with van der Waals surface area (Å²) in [6, 6.07) is 0. The Kier molecular flexibility index (Phi) is 4.49. The maximum absolute atomic E-state index is 11.3. The van der Waals surface area contributed by atoms with Gasteiger partial charge >= 0.3 is 0 Å². The third kappa shape index (κ3) is 4.80. The largest absolute Gasteiger partial charge is 0.514 e. The van der Waals surface area contributed by atoms with Gasteiger partial charge in [-0.05, 0) is 0 Å². The summed E-state index contributed by atoms with van der Waals surface area (Å²) in [5.74, 6) is -0.442. The molecule has 0 aliphatic rings. The lowest BCUT2D eigenvalue weighted by Gasteiger charge is -1.92. The summed E-state index contributed by atoms with van der Waals surface area (Å²) in [6.45, 7) is -0.675. The van der Waals surface area contributed by atoms with E-state index < -0.39 is 12.6 Å². The number of carbonyl (C=O) groups is 1. The molecular weight excluding hydrogens is 125 g/mol. The third-order valence-electron chi connectivity index (χ3n) is 0.640. The van der Waals surface area contributed by atoms with Crippen molar-refractivity contribution in [1.82, 2.24) is 5.32 Å². The Morgan fingerprint density at radius 1 is 1.78 bits per heavy atom. The number of rotatable bonds is 3. The van der Waals surface area contributed by atoms with E-state index >= 15 is 0 Å². The molecule has 0 radical (unpaired) electrons. The number of carbonyl (C=O) groups excluding carboxylic acids is 1. The average Bonchev–Trinajstić information content (AvgIpc) is 1.85. The minimum atomic E-state index is -0.675. The Bertz CT molecular complexity index is 114. The number of halogens is 1. The van der Waals surface area contributed by atoms with Crippen LogP contribution in [0.1, 0.15) is 6.42 Å². The van der Waals surface area contributed by atoms with Crippen LogP contribution in [0, 0.1) is 0 Å². The topological polar surface area (TPSA) is 49.3 Å². The highest BCUT2D eigenvalue weighted by Gasteiger charge is 1.94. The molecule has 0 aliphatic carbocycles. The number of nitrogens with one attached hydrogen (secondary N) is 1. The lowest BCUT2D eigenvalue weighted by Crippen LogP contribution is -2.16. The fourth-order valence-corrected chi connectivity index (χ4v) is 0.288. The number of hydrogen-bond acceptors (Lipinski definition) is 2. The molecule has 0 saturated carbocycles. The van der Waals surface area contributed by atoms with Gasteiger partial charge < -0.3 is 10.4 Å². The molecule has 0 heterocycles. The molecule has 0 aromatic heterocycles. The molecule has 0 aromatic carbocycles. The first-order valence-corrected chi connectivity index (χ1v) is 2.46. The molecule has 0 rings (SSSR count). The molecule has 3 nitrogen and oxygen atoms in total. The van der Waals surface area contributed by atoms with E-state index in [0.29, 0.717) is 6.26 Å². The summed E-state index contributed by atoms with van der Waals surface area (Å²) in [5, 5.41) is 10.1. The Balaban J connectivity index is 3.27. The molecule has 0 saturated heterocycles. The van der Waals surface area contributed by atoms with Crippen LogP contribution in [0.2, 0.25) is 0 Å². The predicted molar refractivity (Wildman–Crippen MR) is 30.5 cm³/mol. The molecule has 0 spiro atoms. The van der Waals surface area contributed by atoms with Gasteiger partial charge in [-0.15, -0.1) is 0 Å². The zero-order valence-corrected chi connectivity index (χ0v) is 4.80. The fraction of sp³-hybridized carbons (Fsp3) is 0.400. The summed E-state index contributed by atoms with van der Waals surface area (Å²) in [6.07, 6.45) is 1.55. The van der Waals surface area contributed by atoms with Gasteiger partial charge in [0.2, 0.25) is 5.91 Å². The van der Waals surface area contributed by atoms with Gasteiger partial charge in [-0.3, -0.25) is 9.18 Å². The summed E-state index contributed by atoms with van der Waals surface area (Å²) in [5.41, 5.74) is 0. The van der Waals surface area contributed by atoms with E-state index in [9.17, 15) is 9.18 Å². The quantitative estimate of drug-likeness (QED) is 0.550. The van der Waals surface area contributed by atoms with Crippen molar-refractivity contribution in [3.8, 4) is 0 Å². The van der Waals surface area contributed by atoms with Crippen molar-refractivity contribution in [3.63, 3.8) is 0 Å². The monoisotopic (exact) mass is 133 g/mol. The van der Waals surface area contributed by atoms with Gasteiger partial charge in [0.1, 0.15) is 0 Å². The SMILES string of the molecule is O=C(CCF)NC=CO. The number of amides is 1. The zero-order chi connectivity index (χ0) is 7.11. The second-order valence-electron chi connectivity index (χ2n) is 1.32. The number of aliphatic hydroxyl groups excluding tert-OH is 1. The first-order chi connectivity index (χ1) is 4.31. The first kappa shape index (κ1) is 7.94. The molecule has 0 aromatic rings. The van der Waals surface area contributed by atoms with E-state index in [2.05, 4.69) is 5.32 Å². The van der Waals surface area contributed by atoms with Crippen molar-refractivity contribution in [2.45, 2.75) is 6.42 Å². The molecule has 52 valence electrons. The van der Waals surface area contributed by atoms with Crippen molar-refractivity contribution in [2.24, 2.45) is 0 Å². The van der Waals surface area contributed by atoms with Crippen molar-refractivity contribution in [3.05, 3.63) is 12.5 Å². The smallest absolute Gasteiger partial charge is 0.226 e. The third-order valence-corrected chi connectivity index (χ3v) is 0.640. The second kappa shape index (κ2) is 5.08. The van der Waals surface area contributed by atoms with Gasteiger partial charge in [0.05, 0.1) is 19.4 Å². The maximum atomic E-state index is 11.3. The standard InChI is InChI=1S/C5H8FNO2/c6-2-1-5(9)7-3-4-8/h3-4,8H,1-2H2,(H,7,9). The van der Waals surface area contributed by atoms with Crippen LogP contribution in [0.15, 0.2) is 12.5 Å². The van der Waals surface area contributed by atoms with Gasteiger partial charge in [-0.2, -0.15) is 0 Å². The van der Waals surface area contributed by atoms with Crippen molar-refractivity contribution in [2.75, 3.05) is 6.67 Å². The van der Waals surface area contributed by atoms with Gasteiger partial charge in [0, 0.05) is 6.20 Å². The Morgan fingerprint density at radius 3 is 2.89 bits per heavy atom. The van der Waals surface area contributed by atoms with Gasteiger partial charge in [0.15, 0.2) is 0 Å². The van der Waals surface area contributed by atoms with E-state index in [1.54, 1.807) is 0 Å². The summed E-state index contributed by atoms with van der Waals surface area (Å²) >= 11 is 0. The molecule has 9 heavy (non-hydrogen) atoms. The highest BCUT2D eigenvalue weighted by Crippen LogP contribution is 1.79. The fourth-order valence-electron chi connectivity index (χ4n) is 0.288. The Hall–Kier alpha value is -1.06. The van der Waals surface area contributed by atoms with Crippen LogP contribution in [0.4, 0.5) is 4.39 Å². The number of hydrogen-bond donors (Lipinski definition) is 2. The lowest BCUT2D eigenvalue weighted by atomic mass is 10.4. The lowest BCUT2D eigenvalue weighted by molar-refractivity contribution is -0.120. The summed E-state index contributed by atoms with van der Waals surface area (Å²) in [7, 11) is 0. The molecule has 0 bridgehead atoms. The van der Waals surface area contributed by atoms with Gasteiger partial charge in [-0.25, -0.2) is 0 Å². The van der Waals surface area contributed by atoms with Gasteiger partial charge in [0.25, 0.3) is 0 Å². The summed E-state index contributed by atoms with van der Waals surface area (Å²) in [4.78, 5) is 10.3. The Labute approximate surface area is 52.2 Å². The highest BCUT2D eigenvalue weighted by molar-refractivity contribution is 5.76. The normalized spacial score (nSPS) is 9.89. The molecule has 0 aliphatic heterocycles. The van der Waals surface area contributed by atoms with Crippen LogP contribution in [0.3, 0.4) is 0 Å². The molecular formula is C5H8FNO2. The summed E-state index contributed by atoms with van der Waals surface area (Å²) < 4.78 is 11.3. The first-order valence-electron chi connectivity index (χ1n) is 2.46. The predicted octanol–water partition coefficient (Wildman–Crippen LogP) is 0.491. The van der Waals surface area contributed by atoms with Crippen LogP contribution in [0.25, 0.3) is 0 Å². The second-order valence-corrected chi connectivity index (χ2v) is 1.32. The minimum Gasteiger partial charge on any atom is -0.514 e. The Morgan fingerprint density at radius 2 is 2.44 bits per heavy atom. The zero-order valence-electron chi connectivity index (χ0n) is 4.80. The van der Waals surface area contributed by atoms with Crippen LogP contribution in [-0.2, 0) is 4.79 Å². The van der Waals surface area contributed by atoms with E-state index in [-0.39, 0.29) is 6.42 Å². The molecule has 0 fully saturated rings. The van der Waals surface area contributed by atoms with Crippen LogP contribution >= 0.6 is 0 Å². The molecule has 0 unspecified atom stereocenters. The van der Waals surface area contributed by atoms with Crippen molar-refractivity contribution < 1.29 is 14.3 Å². The molecule has 2 N–H and O–H groups in total. The van der Waals surface area contributed by atoms with Crippen LogP contribution in [0.5, 0.6) is 0 Å². The van der Waals surface area contributed by atoms with Gasteiger partial charge in [-0.1, -0.05) is 0 Å². The highest BCUT2D eigenvalue weighted by atomic mass is 19.1. The number of alkyl halides is 1. The molecule has 4 heteroatoms. The van der Waals surface area contributed by atoms with E-state index in [0.717, 1.165) is 6.20 Å². The van der Waals surface area contributed by atoms with E-state index in [1.807, 2.05) is 0 Å². The molecule has 0 atom stereocenters. The van der Waals surface area contributed by atoms with Crippen molar-refractivity contribution >= 4 is 5.91 Å².